The zero-order valence-corrected chi connectivity index (χ0v) is 13.0. The lowest BCUT2D eigenvalue weighted by Gasteiger charge is -2.17. The fourth-order valence-corrected chi connectivity index (χ4v) is 2.64. The summed E-state index contributed by atoms with van der Waals surface area (Å²) in [6, 6.07) is 10.8. The number of thiocarbonyl (C=S) groups is 1. The van der Waals surface area contributed by atoms with E-state index in [0.29, 0.717) is 4.99 Å². The number of likely N-dealkylation sites (N-methyl/N-ethyl adjacent to an activating group) is 1. The second-order valence-corrected chi connectivity index (χ2v) is 6.02. The maximum atomic E-state index is 5.84. The average Bonchev–Trinajstić information content (AvgIpc) is 3.30. The van der Waals surface area contributed by atoms with Crippen LogP contribution < -0.4 is 11.1 Å². The van der Waals surface area contributed by atoms with Gasteiger partial charge in [0.25, 0.3) is 0 Å². The van der Waals surface area contributed by atoms with Crippen LogP contribution in [-0.4, -0.2) is 41.1 Å². The molecule has 3 rings (SSSR count). The van der Waals surface area contributed by atoms with E-state index < -0.39 is 0 Å². The molecule has 2 aromatic rings. The van der Waals surface area contributed by atoms with E-state index >= 15 is 0 Å². The van der Waals surface area contributed by atoms with Crippen molar-refractivity contribution in [2.45, 2.75) is 18.9 Å². The van der Waals surface area contributed by atoms with E-state index in [0.717, 1.165) is 41.4 Å². The zero-order chi connectivity index (χ0) is 14.8. The van der Waals surface area contributed by atoms with Crippen LogP contribution in [0.4, 0.5) is 5.82 Å². The first-order valence-corrected chi connectivity index (χ1v) is 7.69. The van der Waals surface area contributed by atoms with Crippen LogP contribution in [0, 0.1) is 0 Å². The van der Waals surface area contributed by atoms with E-state index in [2.05, 4.69) is 22.2 Å². The van der Waals surface area contributed by atoms with Gasteiger partial charge in [-0.1, -0.05) is 30.4 Å². The first-order chi connectivity index (χ1) is 10.1. The molecule has 3 N–H and O–H groups in total. The smallest absolute Gasteiger partial charge is 0.137 e. The predicted octanol–water partition coefficient (Wildman–Crippen LogP) is 2.38. The molecule has 0 bridgehead atoms. The van der Waals surface area contributed by atoms with Gasteiger partial charge >= 0.3 is 0 Å². The molecule has 4 nitrogen and oxygen atoms in total. The van der Waals surface area contributed by atoms with Crippen molar-refractivity contribution in [3.63, 3.8) is 0 Å². The van der Waals surface area contributed by atoms with Crippen molar-refractivity contribution < 1.29 is 0 Å². The number of hydrogen-bond acceptors (Lipinski definition) is 4. The Bertz CT molecular complexity index is 666. The average molecular weight is 300 g/mol. The van der Waals surface area contributed by atoms with Crippen molar-refractivity contribution >= 4 is 33.9 Å². The van der Waals surface area contributed by atoms with Crippen LogP contribution in [-0.2, 0) is 0 Å². The standard InChI is InChI=1S/C16H20N4S/c1-20(12-6-7-12)9-8-18-16-13(15(17)21)10-11-4-2-3-5-14(11)19-16/h2-5,10,12H,6-9H2,1H3,(H2,17,21)(H,18,19). The van der Waals surface area contributed by atoms with Crippen LogP contribution in [0.3, 0.4) is 0 Å². The van der Waals surface area contributed by atoms with Crippen molar-refractivity contribution in [1.82, 2.24) is 9.88 Å². The van der Waals surface area contributed by atoms with Gasteiger partial charge < -0.3 is 16.0 Å². The van der Waals surface area contributed by atoms with Crippen LogP contribution in [0.15, 0.2) is 30.3 Å². The van der Waals surface area contributed by atoms with Crippen LogP contribution in [0.25, 0.3) is 10.9 Å². The first kappa shape index (κ1) is 14.2. The van der Waals surface area contributed by atoms with Gasteiger partial charge in [0.15, 0.2) is 0 Å². The Morgan fingerprint density at radius 1 is 1.43 bits per heavy atom. The SMILES string of the molecule is CN(CCNc1nc2ccccc2cc1C(N)=S)C1CC1. The number of benzene rings is 1. The molecule has 110 valence electrons. The minimum atomic E-state index is 0.381. The summed E-state index contributed by atoms with van der Waals surface area (Å²) in [5, 5.41) is 4.44. The molecular weight excluding hydrogens is 280 g/mol. The second kappa shape index (κ2) is 5.95. The number of hydrogen-bond donors (Lipinski definition) is 2. The van der Waals surface area contributed by atoms with E-state index in [1.54, 1.807) is 0 Å². The summed E-state index contributed by atoms with van der Waals surface area (Å²) in [6.07, 6.45) is 2.64. The van der Waals surface area contributed by atoms with Crippen molar-refractivity contribution in [2.24, 2.45) is 5.73 Å². The molecule has 1 aliphatic carbocycles. The van der Waals surface area contributed by atoms with Crippen LogP contribution in [0.2, 0.25) is 0 Å². The highest BCUT2D eigenvalue weighted by molar-refractivity contribution is 7.80. The highest BCUT2D eigenvalue weighted by Gasteiger charge is 2.25. The Morgan fingerprint density at radius 2 is 2.19 bits per heavy atom. The summed E-state index contributed by atoms with van der Waals surface area (Å²) in [5.41, 5.74) is 7.61. The van der Waals surface area contributed by atoms with Crippen molar-refractivity contribution in [3.8, 4) is 0 Å². The second-order valence-electron chi connectivity index (χ2n) is 5.58. The first-order valence-electron chi connectivity index (χ1n) is 7.29. The maximum Gasteiger partial charge on any atom is 0.137 e. The number of pyridine rings is 1. The molecule has 0 unspecified atom stereocenters. The van der Waals surface area contributed by atoms with E-state index in [9.17, 15) is 0 Å². The van der Waals surface area contributed by atoms with Crippen molar-refractivity contribution in [1.29, 1.82) is 0 Å². The topological polar surface area (TPSA) is 54.2 Å². The molecule has 1 heterocycles. The number of fused-ring (bicyclic) bond motifs is 1. The van der Waals surface area contributed by atoms with Crippen molar-refractivity contribution in [2.75, 3.05) is 25.5 Å². The molecule has 5 heteroatoms. The van der Waals surface area contributed by atoms with Crippen LogP contribution in [0.1, 0.15) is 18.4 Å². The van der Waals surface area contributed by atoms with Gasteiger partial charge in [0, 0.05) is 24.5 Å². The molecule has 0 aliphatic heterocycles. The van der Waals surface area contributed by atoms with Gasteiger partial charge in [-0.3, -0.25) is 0 Å². The fraction of sp³-hybridized carbons (Fsp3) is 0.375. The summed E-state index contributed by atoms with van der Waals surface area (Å²) in [4.78, 5) is 7.42. The van der Waals surface area contributed by atoms with Gasteiger partial charge in [0.05, 0.1) is 11.1 Å². The highest BCUT2D eigenvalue weighted by Crippen LogP contribution is 2.25. The van der Waals surface area contributed by atoms with E-state index in [1.165, 1.54) is 12.8 Å². The van der Waals surface area contributed by atoms with E-state index in [4.69, 9.17) is 18.0 Å². The minimum absolute atomic E-state index is 0.381. The van der Waals surface area contributed by atoms with Gasteiger partial charge in [-0.25, -0.2) is 4.98 Å². The number of rotatable bonds is 6. The summed E-state index contributed by atoms with van der Waals surface area (Å²) in [6.45, 7) is 1.84. The highest BCUT2D eigenvalue weighted by atomic mass is 32.1. The van der Waals surface area contributed by atoms with Gasteiger partial charge in [0.1, 0.15) is 10.8 Å². The monoisotopic (exact) mass is 300 g/mol. The molecule has 1 saturated carbocycles. The molecule has 0 saturated heterocycles. The summed E-state index contributed by atoms with van der Waals surface area (Å²) in [7, 11) is 2.17. The summed E-state index contributed by atoms with van der Waals surface area (Å²) in [5.74, 6) is 0.783. The lowest BCUT2D eigenvalue weighted by Crippen LogP contribution is -2.27. The minimum Gasteiger partial charge on any atom is -0.389 e. The predicted molar refractivity (Wildman–Crippen MR) is 91.8 cm³/mol. The van der Waals surface area contributed by atoms with Gasteiger partial charge in [-0.05, 0) is 32.0 Å². The van der Waals surface area contributed by atoms with Gasteiger partial charge in [-0.15, -0.1) is 0 Å². The third-order valence-corrected chi connectivity index (χ3v) is 4.14. The Balaban J connectivity index is 1.78. The molecule has 1 aromatic heterocycles. The maximum absolute atomic E-state index is 5.84. The lowest BCUT2D eigenvalue weighted by molar-refractivity contribution is 0.337. The number of nitrogens with two attached hydrogens (primary N) is 1. The summed E-state index contributed by atoms with van der Waals surface area (Å²) < 4.78 is 0. The zero-order valence-electron chi connectivity index (χ0n) is 12.2. The molecule has 0 spiro atoms. The van der Waals surface area contributed by atoms with E-state index in [-0.39, 0.29) is 0 Å². The third kappa shape index (κ3) is 3.31. The molecule has 1 fully saturated rings. The molecular formula is C16H20N4S. The number of nitrogens with one attached hydrogen (secondary N) is 1. The summed E-state index contributed by atoms with van der Waals surface area (Å²) >= 11 is 5.15. The lowest BCUT2D eigenvalue weighted by atomic mass is 10.1. The largest absolute Gasteiger partial charge is 0.389 e. The number of aromatic nitrogens is 1. The number of para-hydroxylation sites is 1. The molecule has 1 aliphatic rings. The van der Waals surface area contributed by atoms with Crippen LogP contribution in [0.5, 0.6) is 0 Å². The van der Waals surface area contributed by atoms with Gasteiger partial charge in [-0.2, -0.15) is 0 Å². The Hall–Kier alpha value is -1.72. The Kier molecular flexibility index (Phi) is 4.03. The Morgan fingerprint density at radius 3 is 2.90 bits per heavy atom. The number of anilines is 1. The third-order valence-electron chi connectivity index (χ3n) is 3.92. The fourth-order valence-electron chi connectivity index (χ4n) is 2.49. The van der Waals surface area contributed by atoms with Crippen molar-refractivity contribution in [3.05, 3.63) is 35.9 Å². The normalized spacial score (nSPS) is 14.6. The van der Waals surface area contributed by atoms with E-state index in [1.807, 2.05) is 30.3 Å². The molecule has 0 radical (unpaired) electrons. The molecule has 0 atom stereocenters. The van der Waals surface area contributed by atoms with Crippen LogP contribution >= 0.6 is 12.2 Å². The van der Waals surface area contributed by atoms with Gasteiger partial charge in [0.2, 0.25) is 0 Å². The Labute approximate surface area is 130 Å². The molecule has 0 amide bonds. The number of nitrogens with zero attached hydrogens (tertiary/aromatic N) is 2. The quantitative estimate of drug-likeness (QED) is 0.802. The molecule has 21 heavy (non-hydrogen) atoms. The molecule has 1 aromatic carbocycles.